The van der Waals surface area contributed by atoms with E-state index in [1.807, 2.05) is 48.5 Å². The molecule has 2 aliphatic rings. The van der Waals surface area contributed by atoms with Crippen LogP contribution in [0.4, 0.5) is 10.5 Å². The van der Waals surface area contributed by atoms with Gasteiger partial charge in [-0.1, -0.05) is 101 Å². The third-order valence-corrected chi connectivity index (χ3v) is 9.86. The highest BCUT2D eigenvalue weighted by atomic mass is 16.7. The molecule has 0 radical (unpaired) electrons. The Labute approximate surface area is 293 Å². The molecule has 4 aromatic rings. The average Bonchev–Trinajstić information content (AvgIpc) is 3.42. The zero-order valence-electron chi connectivity index (χ0n) is 29.4. The van der Waals surface area contributed by atoms with Gasteiger partial charge in [-0.15, -0.1) is 0 Å². The van der Waals surface area contributed by atoms with E-state index in [2.05, 4.69) is 44.3 Å². The third-order valence-electron chi connectivity index (χ3n) is 9.86. The first-order valence-corrected chi connectivity index (χ1v) is 17.7. The molecule has 0 bridgehead atoms. The zero-order valence-corrected chi connectivity index (χ0v) is 29.4. The van der Waals surface area contributed by atoms with Crippen LogP contribution in [0, 0.1) is 12.8 Å². The maximum absolute atomic E-state index is 13.8. The van der Waals surface area contributed by atoms with Crippen molar-refractivity contribution in [3.63, 3.8) is 0 Å². The summed E-state index contributed by atoms with van der Waals surface area (Å²) in [5.41, 5.74) is 4.66. The second-order valence-electron chi connectivity index (χ2n) is 14.6. The molecule has 3 aromatic carbocycles. The Morgan fingerprint density at radius 3 is 2.24 bits per heavy atom. The number of hydrogen-bond donors (Lipinski definition) is 1. The molecule has 1 N–H and O–H groups in total. The molecule has 0 saturated heterocycles. The lowest BCUT2D eigenvalue weighted by molar-refractivity contribution is -0.116. The van der Waals surface area contributed by atoms with Gasteiger partial charge < -0.3 is 28.4 Å². The molecule has 1 aromatic heterocycles. The Kier molecular flexibility index (Phi) is 10.8. The molecule has 6 rings (SSSR count). The number of hydrogen-bond acceptors (Lipinski definition) is 8. The number of amides is 1. The number of aryl methyl sites for hydroxylation is 2. The van der Waals surface area contributed by atoms with Crippen molar-refractivity contribution in [2.45, 2.75) is 110 Å². The van der Waals surface area contributed by atoms with Gasteiger partial charge in [0.2, 0.25) is 5.91 Å². The van der Waals surface area contributed by atoms with Crippen LogP contribution in [0.2, 0.25) is 0 Å². The van der Waals surface area contributed by atoms with Gasteiger partial charge in [-0.25, -0.2) is 9.59 Å². The van der Waals surface area contributed by atoms with Crippen LogP contribution in [-0.4, -0.2) is 18.2 Å². The first-order valence-electron chi connectivity index (χ1n) is 17.7. The molecule has 1 aliphatic heterocycles. The molecule has 1 unspecified atom stereocenters. The van der Waals surface area contributed by atoms with Crippen molar-refractivity contribution >= 4 is 17.7 Å². The summed E-state index contributed by atoms with van der Waals surface area (Å²) in [6, 6.07) is 22.1. The van der Waals surface area contributed by atoms with Crippen LogP contribution in [-0.2, 0) is 32.7 Å². The number of anilines is 1. The van der Waals surface area contributed by atoms with E-state index in [1.165, 1.54) is 19.3 Å². The number of fused-ring (bicyclic) bond motifs is 2. The average molecular weight is 682 g/mol. The lowest BCUT2D eigenvalue weighted by Crippen LogP contribution is -2.24. The molecular weight excluding hydrogens is 634 g/mol. The molecule has 1 aliphatic carbocycles. The molecule has 9 nitrogen and oxygen atoms in total. The summed E-state index contributed by atoms with van der Waals surface area (Å²) in [6.45, 7) is 7.75. The second-order valence-corrected chi connectivity index (χ2v) is 14.6. The number of carbonyl (C=O) groups is 2. The van der Waals surface area contributed by atoms with Crippen LogP contribution in [0.1, 0.15) is 112 Å². The number of ether oxygens (including phenoxy) is 3. The monoisotopic (exact) mass is 681 g/mol. The van der Waals surface area contributed by atoms with E-state index in [9.17, 15) is 14.4 Å². The van der Waals surface area contributed by atoms with Gasteiger partial charge in [0.05, 0.1) is 0 Å². The number of nitrogens with one attached hydrogen (secondary N) is 1. The number of benzene rings is 3. The van der Waals surface area contributed by atoms with Crippen LogP contribution in [0.15, 0.2) is 80.4 Å². The van der Waals surface area contributed by atoms with E-state index in [-0.39, 0.29) is 47.9 Å². The SMILES string of the molecule is Cc1oc(=O)oc1COC(=O)OC(CCc1ccc(C(C)(C)C)c(NC(=O)CC2c3ccccc3Oc3ccccc32)c1)CC1CCCCC1. The van der Waals surface area contributed by atoms with Gasteiger partial charge in [0.25, 0.3) is 0 Å². The molecule has 9 heteroatoms. The molecule has 1 fully saturated rings. The van der Waals surface area contributed by atoms with Gasteiger partial charge in [0, 0.05) is 29.2 Å². The van der Waals surface area contributed by atoms with Crippen molar-refractivity contribution in [2.24, 2.45) is 5.92 Å². The van der Waals surface area contributed by atoms with Gasteiger partial charge in [0.1, 0.15) is 17.6 Å². The molecule has 0 spiro atoms. The normalized spacial score (nSPS) is 15.4. The van der Waals surface area contributed by atoms with Gasteiger partial charge in [0.15, 0.2) is 18.1 Å². The smallest absolute Gasteiger partial charge is 0.457 e. The van der Waals surface area contributed by atoms with Crippen molar-refractivity contribution < 1.29 is 32.6 Å². The molecule has 2 heterocycles. The van der Waals surface area contributed by atoms with Crippen molar-refractivity contribution in [2.75, 3.05) is 5.32 Å². The van der Waals surface area contributed by atoms with Gasteiger partial charge in [-0.2, -0.15) is 0 Å². The fourth-order valence-electron chi connectivity index (χ4n) is 7.27. The van der Waals surface area contributed by atoms with Crippen LogP contribution in [0.5, 0.6) is 11.5 Å². The Morgan fingerprint density at radius 2 is 1.60 bits per heavy atom. The lowest BCUT2D eigenvalue weighted by atomic mass is 9.83. The highest BCUT2D eigenvalue weighted by Gasteiger charge is 2.30. The number of rotatable bonds is 11. The van der Waals surface area contributed by atoms with Crippen molar-refractivity contribution in [3.8, 4) is 11.5 Å². The van der Waals surface area contributed by atoms with Gasteiger partial charge in [-0.3, -0.25) is 4.79 Å². The molecule has 1 saturated carbocycles. The minimum absolute atomic E-state index is 0.0749. The van der Waals surface area contributed by atoms with Crippen LogP contribution in [0.3, 0.4) is 0 Å². The quantitative estimate of drug-likeness (QED) is 0.156. The van der Waals surface area contributed by atoms with Crippen LogP contribution < -0.4 is 15.9 Å². The van der Waals surface area contributed by atoms with E-state index in [0.717, 1.165) is 58.7 Å². The summed E-state index contributed by atoms with van der Waals surface area (Å²) in [5, 5.41) is 3.27. The summed E-state index contributed by atoms with van der Waals surface area (Å²) in [7, 11) is 0. The third kappa shape index (κ3) is 8.67. The van der Waals surface area contributed by atoms with Crippen LogP contribution in [0.25, 0.3) is 0 Å². The maximum Gasteiger partial charge on any atom is 0.519 e. The first kappa shape index (κ1) is 35.1. The van der Waals surface area contributed by atoms with E-state index in [4.69, 9.17) is 23.0 Å². The Hall–Kier alpha value is -4.79. The Morgan fingerprint density at radius 1 is 0.920 bits per heavy atom. The van der Waals surface area contributed by atoms with E-state index in [0.29, 0.717) is 18.8 Å². The van der Waals surface area contributed by atoms with Gasteiger partial charge in [-0.05, 0) is 66.8 Å². The van der Waals surface area contributed by atoms with E-state index in [1.54, 1.807) is 6.92 Å². The molecule has 264 valence electrons. The predicted octanol–water partition coefficient (Wildman–Crippen LogP) is 9.73. The zero-order chi connectivity index (χ0) is 35.3. The number of para-hydroxylation sites is 2. The summed E-state index contributed by atoms with van der Waals surface area (Å²) < 4.78 is 27.1. The largest absolute Gasteiger partial charge is 0.519 e. The lowest BCUT2D eigenvalue weighted by Gasteiger charge is -2.28. The highest BCUT2D eigenvalue weighted by molar-refractivity contribution is 5.93. The van der Waals surface area contributed by atoms with Crippen molar-refractivity contribution in [1.82, 2.24) is 0 Å². The summed E-state index contributed by atoms with van der Waals surface area (Å²) >= 11 is 0. The number of carbonyl (C=O) groups excluding carboxylic acids is 2. The van der Waals surface area contributed by atoms with Crippen molar-refractivity contribution in [1.29, 1.82) is 0 Å². The molecule has 1 atom stereocenters. The first-order chi connectivity index (χ1) is 24.0. The Balaban J connectivity index is 1.16. The minimum atomic E-state index is -0.836. The van der Waals surface area contributed by atoms with E-state index < -0.39 is 12.0 Å². The van der Waals surface area contributed by atoms with Crippen molar-refractivity contribution in [3.05, 3.63) is 111 Å². The topological polar surface area (TPSA) is 117 Å². The summed E-state index contributed by atoms with van der Waals surface area (Å²) in [5.74, 6) is 1.42. The second kappa shape index (κ2) is 15.4. The van der Waals surface area contributed by atoms with Gasteiger partial charge >= 0.3 is 12.0 Å². The molecular formula is C41H47NO8. The van der Waals surface area contributed by atoms with E-state index >= 15 is 0 Å². The molecule has 50 heavy (non-hydrogen) atoms. The van der Waals surface area contributed by atoms with Crippen LogP contribution >= 0.6 is 0 Å². The minimum Gasteiger partial charge on any atom is -0.457 e. The summed E-state index contributed by atoms with van der Waals surface area (Å²) in [6.07, 6.45) is 6.96. The molecule has 1 amide bonds. The standard InChI is InChI=1S/C41H47NO8/c1-26-37(50-40(45)47-26)25-46-39(44)48-29(22-27-12-6-5-7-13-27)20-18-28-19-21-33(41(2,3)4)34(23-28)42-38(43)24-32-30-14-8-10-16-35(30)49-36-17-11-9-15-31(32)36/h8-11,14-17,19,21,23,27,29,32H,5-7,12-13,18,20,22,24-25H2,1-4H3,(H,42,43). The fraction of sp³-hybridized carbons (Fsp3) is 0.439. The highest BCUT2D eigenvalue weighted by Crippen LogP contribution is 2.45. The fourth-order valence-corrected chi connectivity index (χ4v) is 7.27. The summed E-state index contributed by atoms with van der Waals surface area (Å²) in [4.78, 5) is 38.0. The Bertz CT molecular complexity index is 1810. The predicted molar refractivity (Wildman–Crippen MR) is 190 cm³/mol. The maximum atomic E-state index is 13.8.